The van der Waals surface area contributed by atoms with Crippen LogP contribution in [-0.2, 0) is 32.2 Å². The van der Waals surface area contributed by atoms with E-state index in [2.05, 4.69) is 24.2 Å². The van der Waals surface area contributed by atoms with E-state index in [9.17, 15) is 13.2 Å². The number of carbonyl (C=O) groups is 1. The van der Waals surface area contributed by atoms with Crippen molar-refractivity contribution in [3.8, 4) is 0 Å². The maximum Gasteiger partial charge on any atom is 0.177 e. The lowest BCUT2D eigenvalue weighted by atomic mass is 9.84. The van der Waals surface area contributed by atoms with Crippen LogP contribution in [0.1, 0.15) is 69.5 Å². The van der Waals surface area contributed by atoms with Gasteiger partial charge in [0.05, 0.1) is 40.4 Å². The number of carbonyl (C=O) groups excluding carboxylic acids is 1. The highest BCUT2D eigenvalue weighted by molar-refractivity contribution is 7.90. The molecule has 7 nitrogen and oxygen atoms in total. The fourth-order valence-electron chi connectivity index (χ4n) is 4.84. The smallest absolute Gasteiger partial charge is 0.177 e. The Kier molecular flexibility index (Phi) is 6.08. The molecule has 1 saturated carbocycles. The first-order valence-electron chi connectivity index (χ1n) is 12.3. The second-order valence-corrected chi connectivity index (χ2v) is 13.0. The lowest BCUT2D eigenvalue weighted by Gasteiger charge is -2.35. The number of nitrogens with zero attached hydrogens (tertiary/aromatic N) is 2. The van der Waals surface area contributed by atoms with Gasteiger partial charge >= 0.3 is 0 Å². The van der Waals surface area contributed by atoms with Gasteiger partial charge in [0.2, 0.25) is 0 Å². The van der Waals surface area contributed by atoms with Crippen molar-refractivity contribution in [3.63, 3.8) is 0 Å². The molecular weight excluding hydrogens is 462 g/mol. The molecule has 2 aliphatic heterocycles. The van der Waals surface area contributed by atoms with E-state index < -0.39 is 9.84 Å². The summed E-state index contributed by atoms with van der Waals surface area (Å²) in [6.45, 7) is 6.96. The lowest BCUT2D eigenvalue weighted by Crippen LogP contribution is -2.27. The molecule has 1 N–H and O–H groups in total. The summed E-state index contributed by atoms with van der Waals surface area (Å²) in [5, 5.41) is 3.32. The van der Waals surface area contributed by atoms with Crippen molar-refractivity contribution in [2.45, 2.75) is 70.3 Å². The van der Waals surface area contributed by atoms with Gasteiger partial charge in [-0.2, -0.15) is 0 Å². The van der Waals surface area contributed by atoms with Gasteiger partial charge in [0.25, 0.3) is 0 Å². The molecule has 5 rings (SSSR count). The molecule has 1 aromatic heterocycles. The Bertz CT molecular complexity index is 1320. The molecule has 3 heterocycles. The third-order valence-electron chi connectivity index (χ3n) is 7.04. The molecule has 35 heavy (non-hydrogen) atoms. The molecule has 1 unspecified atom stereocenters. The number of aromatic nitrogens is 1. The number of benzene rings is 1. The van der Waals surface area contributed by atoms with E-state index in [4.69, 9.17) is 9.72 Å². The number of aliphatic imine (C=N–C) groups is 1. The van der Waals surface area contributed by atoms with Gasteiger partial charge in [-0.05, 0) is 61.8 Å². The molecule has 0 spiro atoms. The summed E-state index contributed by atoms with van der Waals surface area (Å²) in [4.78, 5) is 22.0. The van der Waals surface area contributed by atoms with Crippen molar-refractivity contribution in [2.24, 2.45) is 16.3 Å². The van der Waals surface area contributed by atoms with Crippen molar-refractivity contribution in [2.75, 3.05) is 18.2 Å². The Balaban J connectivity index is 1.48. The van der Waals surface area contributed by atoms with Crippen molar-refractivity contribution >= 4 is 38.4 Å². The van der Waals surface area contributed by atoms with Gasteiger partial charge in [0.15, 0.2) is 9.84 Å². The summed E-state index contributed by atoms with van der Waals surface area (Å²) in [5.41, 5.74) is 5.35. The second-order valence-electron chi connectivity index (χ2n) is 11.1. The van der Waals surface area contributed by atoms with E-state index in [1.807, 2.05) is 25.1 Å². The molecule has 2 aromatic rings. The van der Waals surface area contributed by atoms with Gasteiger partial charge in [-0.15, -0.1) is 0 Å². The molecule has 1 saturated heterocycles. The Hall–Kier alpha value is -2.58. The Morgan fingerprint density at radius 3 is 2.60 bits per heavy atom. The zero-order valence-electron chi connectivity index (χ0n) is 20.8. The number of ketones is 1. The molecule has 1 aliphatic carbocycles. The number of hydrogen-bond donors (Lipinski definition) is 1. The Morgan fingerprint density at radius 1 is 1.17 bits per heavy atom. The summed E-state index contributed by atoms with van der Waals surface area (Å²) in [6.07, 6.45) is 5.83. The first-order chi connectivity index (χ1) is 16.5. The molecule has 1 aromatic carbocycles. The highest BCUT2D eigenvalue weighted by atomic mass is 32.2. The predicted molar refractivity (Wildman–Crippen MR) is 137 cm³/mol. The van der Waals surface area contributed by atoms with Gasteiger partial charge < -0.3 is 10.1 Å². The van der Waals surface area contributed by atoms with E-state index in [0.717, 1.165) is 42.7 Å². The number of anilines is 2. The van der Waals surface area contributed by atoms with Crippen molar-refractivity contribution in [3.05, 3.63) is 41.2 Å². The van der Waals surface area contributed by atoms with Gasteiger partial charge in [-0.3, -0.25) is 14.8 Å². The summed E-state index contributed by atoms with van der Waals surface area (Å²) < 4.78 is 31.7. The van der Waals surface area contributed by atoms with E-state index in [1.54, 1.807) is 6.07 Å². The highest BCUT2D eigenvalue weighted by Gasteiger charge is 2.31. The lowest BCUT2D eigenvalue weighted by molar-refractivity contribution is -0.119. The van der Waals surface area contributed by atoms with Gasteiger partial charge in [0.1, 0.15) is 11.5 Å². The predicted octanol–water partition coefficient (Wildman–Crippen LogP) is 5.28. The molecule has 3 aliphatic rings. The first kappa shape index (κ1) is 24.1. The highest BCUT2D eigenvalue weighted by Crippen LogP contribution is 2.41. The van der Waals surface area contributed by atoms with E-state index in [-0.39, 0.29) is 28.1 Å². The molecule has 0 amide bonds. The van der Waals surface area contributed by atoms with E-state index in [1.165, 1.54) is 6.26 Å². The van der Waals surface area contributed by atoms with Crippen LogP contribution in [0, 0.1) is 11.3 Å². The van der Waals surface area contributed by atoms with Gasteiger partial charge in [-0.1, -0.05) is 19.9 Å². The Morgan fingerprint density at radius 2 is 1.94 bits per heavy atom. The molecule has 0 radical (unpaired) electrons. The zero-order chi connectivity index (χ0) is 25.0. The first-order valence-corrected chi connectivity index (χ1v) is 14.2. The number of fused-ring (bicyclic) bond motifs is 1. The maximum absolute atomic E-state index is 12.8. The molecule has 1 atom stereocenters. The minimum Gasteiger partial charge on any atom is -0.373 e. The molecular formula is C27H33N3O4S. The van der Waals surface area contributed by atoms with Crippen LogP contribution >= 0.6 is 0 Å². The largest absolute Gasteiger partial charge is 0.373 e. The fourth-order valence-corrected chi connectivity index (χ4v) is 5.71. The summed E-state index contributed by atoms with van der Waals surface area (Å²) in [7, 11) is -3.52. The fraction of sp³-hybridized carbons (Fsp3) is 0.519. The van der Waals surface area contributed by atoms with Crippen LogP contribution in [0.25, 0.3) is 0 Å². The monoisotopic (exact) mass is 495 g/mol. The number of pyridine rings is 1. The van der Waals surface area contributed by atoms with Gasteiger partial charge in [-0.25, -0.2) is 8.42 Å². The Labute approximate surface area is 207 Å². The standard InChI is InChI=1S/C27H33N3O4S/c1-16-11-21-26(28-16)22(13-19(29-21)14-23(31)17-5-6-17)30-20-8-7-18(12-25(20)35(4,32)33)24-9-10-27(2,3)15-34-24/h7-8,12-13,17,24H,5-6,9-11,14-15H2,1-4H3,(H,29,30). The average Bonchev–Trinajstić information content (AvgIpc) is 3.55. The van der Waals surface area contributed by atoms with E-state index >= 15 is 0 Å². The average molecular weight is 496 g/mol. The van der Waals surface area contributed by atoms with Crippen molar-refractivity contribution < 1.29 is 17.9 Å². The molecule has 2 fully saturated rings. The van der Waals surface area contributed by atoms with Crippen LogP contribution in [0.5, 0.6) is 0 Å². The van der Waals surface area contributed by atoms with E-state index in [0.29, 0.717) is 42.2 Å². The topological polar surface area (TPSA) is 97.7 Å². The minimum absolute atomic E-state index is 0.116. The van der Waals surface area contributed by atoms with Gasteiger partial charge in [0, 0.05) is 30.7 Å². The second kappa shape index (κ2) is 8.82. The van der Waals surface area contributed by atoms with Crippen LogP contribution in [0.2, 0.25) is 0 Å². The molecule has 8 heteroatoms. The number of rotatable bonds is 7. The summed E-state index contributed by atoms with van der Waals surface area (Å²) in [5.74, 6) is 0.382. The quantitative estimate of drug-likeness (QED) is 0.561. The number of Topliss-reactive ketones (excluding diaryl/α,β-unsaturated/α-hetero) is 1. The number of ether oxygens (including phenoxy) is 1. The third-order valence-corrected chi connectivity index (χ3v) is 8.17. The summed E-state index contributed by atoms with van der Waals surface area (Å²) >= 11 is 0. The maximum atomic E-state index is 12.8. The number of sulfone groups is 1. The summed E-state index contributed by atoms with van der Waals surface area (Å²) in [6, 6.07) is 7.32. The van der Waals surface area contributed by atoms with Crippen LogP contribution in [0.15, 0.2) is 34.2 Å². The normalized spacial score (nSPS) is 21.4. The third kappa shape index (κ3) is 5.33. The minimum atomic E-state index is -3.52. The molecule has 0 bridgehead atoms. The van der Waals surface area contributed by atoms with Crippen LogP contribution in [0.4, 0.5) is 17.1 Å². The van der Waals surface area contributed by atoms with Crippen LogP contribution in [0.3, 0.4) is 0 Å². The molecule has 186 valence electrons. The zero-order valence-corrected chi connectivity index (χ0v) is 21.7. The van der Waals surface area contributed by atoms with Crippen molar-refractivity contribution in [1.29, 1.82) is 0 Å². The van der Waals surface area contributed by atoms with Crippen molar-refractivity contribution in [1.82, 2.24) is 4.98 Å². The van der Waals surface area contributed by atoms with Crippen LogP contribution in [-0.4, -0.2) is 37.8 Å². The SMILES string of the molecule is CC1=Nc2c(Nc3ccc(C4CCC(C)(C)CO4)cc3S(C)(=O)=O)cc(CC(=O)C3CC3)nc2C1. The number of hydrogen-bond acceptors (Lipinski definition) is 7. The van der Waals surface area contributed by atoms with Crippen LogP contribution < -0.4 is 5.32 Å². The number of nitrogens with one attached hydrogen (secondary N) is 1.